The third kappa shape index (κ3) is 3.62. The Labute approximate surface area is 104 Å². The average molecular weight is 254 g/mol. The van der Waals surface area contributed by atoms with E-state index in [4.69, 9.17) is 9.84 Å². The lowest BCUT2D eigenvalue weighted by Crippen LogP contribution is -2.09. The number of para-hydroxylation sites is 1. The van der Waals surface area contributed by atoms with Gasteiger partial charge in [0.05, 0.1) is 18.0 Å². The van der Waals surface area contributed by atoms with Crippen molar-refractivity contribution in [2.75, 3.05) is 18.5 Å². The highest BCUT2D eigenvalue weighted by Crippen LogP contribution is 2.34. The van der Waals surface area contributed by atoms with Crippen molar-refractivity contribution in [3.05, 3.63) is 28.3 Å². The number of ether oxygens (including phenoxy) is 1. The normalized spacial score (nSPS) is 9.83. The van der Waals surface area contributed by atoms with Crippen LogP contribution < -0.4 is 10.1 Å². The molecule has 1 rings (SSSR count). The maximum absolute atomic E-state index is 11.0. The molecule has 98 valence electrons. The lowest BCUT2D eigenvalue weighted by molar-refractivity contribution is -0.384. The number of aliphatic carboxylic acids is 1. The number of nitrogens with one attached hydrogen (secondary N) is 1. The molecule has 0 radical (unpaired) electrons. The monoisotopic (exact) mass is 254 g/mol. The number of hydrogen-bond acceptors (Lipinski definition) is 5. The second-order valence-corrected chi connectivity index (χ2v) is 3.41. The molecule has 0 unspecified atom stereocenters. The Bertz CT molecular complexity index is 447. The Morgan fingerprint density at radius 3 is 2.83 bits per heavy atom. The zero-order valence-corrected chi connectivity index (χ0v) is 9.88. The molecule has 1 aromatic rings. The van der Waals surface area contributed by atoms with E-state index in [2.05, 4.69) is 5.32 Å². The van der Waals surface area contributed by atoms with Gasteiger partial charge in [0.1, 0.15) is 5.69 Å². The molecule has 0 amide bonds. The molecule has 7 heteroatoms. The molecule has 0 aliphatic heterocycles. The summed E-state index contributed by atoms with van der Waals surface area (Å²) in [5.41, 5.74) is 0.0805. The molecular formula is C11H14N2O5. The summed E-state index contributed by atoms with van der Waals surface area (Å²) in [7, 11) is 0. The summed E-state index contributed by atoms with van der Waals surface area (Å²) >= 11 is 0. The zero-order chi connectivity index (χ0) is 13.5. The topological polar surface area (TPSA) is 102 Å². The largest absolute Gasteiger partial charge is 0.487 e. The SMILES string of the molecule is CCOc1cccc(NCCC(=O)O)c1[N+](=O)[O-]. The van der Waals surface area contributed by atoms with Gasteiger partial charge in [-0.05, 0) is 19.1 Å². The van der Waals surface area contributed by atoms with Crippen molar-refractivity contribution in [1.82, 2.24) is 0 Å². The van der Waals surface area contributed by atoms with Gasteiger partial charge in [0, 0.05) is 6.54 Å². The molecule has 0 aliphatic carbocycles. The van der Waals surface area contributed by atoms with Crippen LogP contribution in [-0.2, 0) is 4.79 Å². The second kappa shape index (κ2) is 6.43. The molecule has 0 aliphatic rings. The maximum Gasteiger partial charge on any atom is 0.333 e. The Balaban J connectivity index is 2.92. The van der Waals surface area contributed by atoms with Crippen LogP contribution in [0.25, 0.3) is 0 Å². The van der Waals surface area contributed by atoms with Crippen LogP contribution in [0.5, 0.6) is 5.75 Å². The molecule has 1 aromatic carbocycles. The van der Waals surface area contributed by atoms with E-state index >= 15 is 0 Å². The van der Waals surface area contributed by atoms with Gasteiger partial charge in [-0.2, -0.15) is 0 Å². The summed E-state index contributed by atoms with van der Waals surface area (Å²) < 4.78 is 5.17. The summed E-state index contributed by atoms with van der Waals surface area (Å²) in [4.78, 5) is 20.8. The summed E-state index contributed by atoms with van der Waals surface area (Å²) in [6.07, 6.45) is -0.115. The van der Waals surface area contributed by atoms with Gasteiger partial charge in [0.15, 0.2) is 5.75 Å². The Morgan fingerprint density at radius 1 is 1.56 bits per heavy atom. The number of carbonyl (C=O) groups is 1. The van der Waals surface area contributed by atoms with Crippen LogP contribution in [0.4, 0.5) is 11.4 Å². The van der Waals surface area contributed by atoms with E-state index in [1.54, 1.807) is 13.0 Å². The van der Waals surface area contributed by atoms with Gasteiger partial charge in [-0.25, -0.2) is 0 Å². The van der Waals surface area contributed by atoms with E-state index in [1.807, 2.05) is 0 Å². The number of anilines is 1. The van der Waals surface area contributed by atoms with E-state index in [9.17, 15) is 14.9 Å². The summed E-state index contributed by atoms with van der Waals surface area (Å²) in [6, 6.07) is 4.63. The van der Waals surface area contributed by atoms with Gasteiger partial charge in [0.2, 0.25) is 0 Å². The van der Waals surface area contributed by atoms with Gasteiger partial charge < -0.3 is 15.2 Å². The lowest BCUT2D eigenvalue weighted by atomic mass is 10.2. The minimum absolute atomic E-state index is 0.115. The number of benzene rings is 1. The minimum atomic E-state index is -0.967. The molecule has 7 nitrogen and oxygen atoms in total. The first kappa shape index (κ1) is 13.8. The molecule has 0 atom stereocenters. The van der Waals surface area contributed by atoms with E-state index < -0.39 is 10.9 Å². The number of rotatable bonds is 7. The third-order valence-electron chi connectivity index (χ3n) is 2.14. The molecule has 18 heavy (non-hydrogen) atoms. The lowest BCUT2D eigenvalue weighted by Gasteiger charge is -2.09. The predicted octanol–water partition coefficient (Wildman–Crippen LogP) is 1.88. The zero-order valence-electron chi connectivity index (χ0n) is 9.88. The highest BCUT2D eigenvalue weighted by molar-refractivity contribution is 5.70. The third-order valence-corrected chi connectivity index (χ3v) is 2.14. The van der Waals surface area contributed by atoms with E-state index in [0.29, 0.717) is 6.61 Å². The Morgan fingerprint density at radius 2 is 2.28 bits per heavy atom. The Hall–Kier alpha value is -2.31. The summed E-state index contributed by atoms with van der Waals surface area (Å²) in [6.45, 7) is 2.17. The second-order valence-electron chi connectivity index (χ2n) is 3.41. The smallest absolute Gasteiger partial charge is 0.333 e. The molecule has 0 fully saturated rings. The minimum Gasteiger partial charge on any atom is -0.487 e. The van der Waals surface area contributed by atoms with Gasteiger partial charge >= 0.3 is 11.7 Å². The molecule has 0 heterocycles. The van der Waals surface area contributed by atoms with E-state index in [0.717, 1.165) is 0 Å². The number of nitro benzene ring substituents is 1. The highest BCUT2D eigenvalue weighted by atomic mass is 16.6. The fraction of sp³-hybridized carbons (Fsp3) is 0.364. The van der Waals surface area contributed by atoms with Crippen LogP contribution >= 0.6 is 0 Å². The van der Waals surface area contributed by atoms with Crippen LogP contribution in [-0.4, -0.2) is 29.2 Å². The molecule has 0 saturated heterocycles. The fourth-order valence-corrected chi connectivity index (χ4v) is 1.43. The van der Waals surface area contributed by atoms with E-state index in [-0.39, 0.29) is 30.1 Å². The van der Waals surface area contributed by atoms with Crippen molar-refractivity contribution in [1.29, 1.82) is 0 Å². The standard InChI is InChI=1S/C11H14N2O5/c1-2-18-9-5-3-4-8(11(9)13(16)17)12-7-6-10(14)15/h3-5,12H,2,6-7H2,1H3,(H,14,15). The van der Waals surface area contributed by atoms with E-state index in [1.165, 1.54) is 12.1 Å². The molecular weight excluding hydrogens is 240 g/mol. The average Bonchev–Trinajstić information content (AvgIpc) is 2.28. The number of hydrogen-bond donors (Lipinski definition) is 2. The highest BCUT2D eigenvalue weighted by Gasteiger charge is 2.20. The number of carboxylic acids is 1. The van der Waals surface area contributed by atoms with Crippen molar-refractivity contribution in [2.45, 2.75) is 13.3 Å². The van der Waals surface area contributed by atoms with Crippen LogP contribution in [0.1, 0.15) is 13.3 Å². The quantitative estimate of drug-likeness (QED) is 0.569. The number of nitrogens with zero attached hydrogens (tertiary/aromatic N) is 1. The van der Waals surface area contributed by atoms with Gasteiger partial charge in [-0.1, -0.05) is 6.07 Å². The number of carboxylic acid groups (broad SMARTS) is 1. The first-order chi connectivity index (χ1) is 8.56. The molecule has 0 bridgehead atoms. The Kier molecular flexibility index (Phi) is 4.91. The fourth-order valence-electron chi connectivity index (χ4n) is 1.43. The van der Waals surface area contributed by atoms with Crippen molar-refractivity contribution in [3.8, 4) is 5.75 Å². The van der Waals surface area contributed by atoms with Gasteiger partial charge in [-0.15, -0.1) is 0 Å². The maximum atomic E-state index is 11.0. The van der Waals surface area contributed by atoms with Crippen LogP contribution in [0.2, 0.25) is 0 Å². The molecule has 2 N–H and O–H groups in total. The predicted molar refractivity (Wildman–Crippen MR) is 65.0 cm³/mol. The van der Waals surface area contributed by atoms with Crippen LogP contribution in [0.15, 0.2) is 18.2 Å². The van der Waals surface area contributed by atoms with Crippen molar-refractivity contribution in [3.63, 3.8) is 0 Å². The first-order valence-electron chi connectivity index (χ1n) is 5.42. The molecule has 0 aromatic heterocycles. The van der Waals surface area contributed by atoms with Crippen molar-refractivity contribution >= 4 is 17.3 Å². The van der Waals surface area contributed by atoms with Crippen molar-refractivity contribution in [2.24, 2.45) is 0 Å². The summed E-state index contributed by atoms with van der Waals surface area (Å²) in [5, 5.41) is 22.2. The van der Waals surface area contributed by atoms with Crippen LogP contribution in [0, 0.1) is 10.1 Å². The van der Waals surface area contributed by atoms with Gasteiger partial charge in [0.25, 0.3) is 0 Å². The summed E-state index contributed by atoms with van der Waals surface area (Å²) in [5.74, 6) is -0.797. The molecule has 0 spiro atoms. The van der Waals surface area contributed by atoms with Crippen LogP contribution in [0.3, 0.4) is 0 Å². The molecule has 0 saturated carbocycles. The van der Waals surface area contributed by atoms with Gasteiger partial charge in [-0.3, -0.25) is 14.9 Å². The number of nitro groups is 1. The first-order valence-corrected chi connectivity index (χ1v) is 5.42. The van der Waals surface area contributed by atoms with Crippen molar-refractivity contribution < 1.29 is 19.6 Å².